The van der Waals surface area contributed by atoms with Crippen LogP contribution < -0.4 is 0 Å². The molecular formula is C66H34F6N6. The molecule has 12 aromatic rings. The van der Waals surface area contributed by atoms with E-state index < -0.39 is 23.5 Å². The van der Waals surface area contributed by atoms with Crippen molar-refractivity contribution in [3.8, 4) is 91.3 Å². The minimum Gasteiger partial charge on any atom is -0.308 e. The van der Waals surface area contributed by atoms with Crippen molar-refractivity contribution in [2.45, 2.75) is 12.4 Å². The maximum absolute atomic E-state index is 16.2. The monoisotopic (exact) mass is 1020 g/mol. The van der Waals surface area contributed by atoms with Crippen LogP contribution in [0.1, 0.15) is 33.4 Å². The van der Waals surface area contributed by atoms with Crippen LogP contribution in [0.15, 0.2) is 206 Å². The van der Waals surface area contributed by atoms with Gasteiger partial charge in [-0.05, 0) is 147 Å². The molecule has 0 saturated heterocycles. The lowest BCUT2D eigenvalue weighted by molar-refractivity contribution is -0.138. The number of nitrogens with zero attached hydrogens (tertiary/aromatic N) is 6. The predicted octanol–water partition coefficient (Wildman–Crippen LogP) is 17.7. The summed E-state index contributed by atoms with van der Waals surface area (Å²) in [5.41, 5.74) is 5.81. The van der Waals surface area contributed by atoms with Gasteiger partial charge in [-0.1, -0.05) is 109 Å². The fourth-order valence-electron chi connectivity index (χ4n) is 10.6. The van der Waals surface area contributed by atoms with Gasteiger partial charge in [-0.15, -0.1) is 0 Å². The second-order valence-corrected chi connectivity index (χ2v) is 18.8. The highest BCUT2D eigenvalue weighted by molar-refractivity contribution is 6.14. The summed E-state index contributed by atoms with van der Waals surface area (Å²) in [5, 5.41) is 42.0. The fourth-order valence-corrected chi connectivity index (χ4v) is 10.6. The number of rotatable bonds is 7. The number of aromatic nitrogens is 2. The average molecular weight is 1030 g/mol. The lowest BCUT2D eigenvalue weighted by Crippen LogP contribution is -2.12. The Bertz CT molecular complexity index is 4180. The van der Waals surface area contributed by atoms with E-state index in [9.17, 15) is 21.0 Å². The lowest BCUT2D eigenvalue weighted by atomic mass is 9.95. The molecule has 2 heterocycles. The number of fused-ring (bicyclic) bond motifs is 6. The van der Waals surface area contributed by atoms with Crippen molar-refractivity contribution in [3.63, 3.8) is 0 Å². The molecule has 0 atom stereocenters. The van der Waals surface area contributed by atoms with E-state index in [1.165, 1.54) is 12.1 Å². The third-order valence-corrected chi connectivity index (χ3v) is 14.2. The molecule has 0 bridgehead atoms. The van der Waals surface area contributed by atoms with Gasteiger partial charge in [-0.3, -0.25) is 0 Å². The largest absolute Gasteiger partial charge is 0.416 e. The number of nitriles is 4. The van der Waals surface area contributed by atoms with Gasteiger partial charge in [-0.25, -0.2) is 0 Å². The second kappa shape index (κ2) is 18.6. The van der Waals surface area contributed by atoms with E-state index in [4.69, 9.17) is 0 Å². The maximum atomic E-state index is 16.2. The first kappa shape index (κ1) is 48.3. The topological polar surface area (TPSA) is 105 Å². The van der Waals surface area contributed by atoms with Crippen molar-refractivity contribution < 1.29 is 26.3 Å². The van der Waals surface area contributed by atoms with E-state index in [1.54, 1.807) is 106 Å². The number of alkyl halides is 6. The minimum absolute atomic E-state index is 0.0224. The third-order valence-electron chi connectivity index (χ3n) is 14.2. The smallest absolute Gasteiger partial charge is 0.308 e. The van der Waals surface area contributed by atoms with Gasteiger partial charge in [0.25, 0.3) is 0 Å². The summed E-state index contributed by atoms with van der Waals surface area (Å²) in [4.78, 5) is 0. The number of halogens is 6. The van der Waals surface area contributed by atoms with Gasteiger partial charge in [0.15, 0.2) is 0 Å². The summed E-state index contributed by atoms with van der Waals surface area (Å²) >= 11 is 0. The molecule has 0 fully saturated rings. The Morgan fingerprint density at radius 2 is 0.564 bits per heavy atom. The molecule has 0 aliphatic carbocycles. The van der Waals surface area contributed by atoms with Crippen molar-refractivity contribution in [3.05, 3.63) is 240 Å². The van der Waals surface area contributed by atoms with Gasteiger partial charge in [0.1, 0.15) is 0 Å². The van der Waals surface area contributed by atoms with E-state index in [0.717, 1.165) is 24.3 Å². The van der Waals surface area contributed by atoms with Gasteiger partial charge in [0.05, 0.1) is 91.1 Å². The lowest BCUT2D eigenvalue weighted by Gasteiger charge is -2.23. The summed E-state index contributed by atoms with van der Waals surface area (Å²) in [6, 6.07) is 64.7. The van der Waals surface area contributed by atoms with Crippen molar-refractivity contribution in [1.29, 1.82) is 21.0 Å². The maximum Gasteiger partial charge on any atom is 0.416 e. The molecule has 0 saturated carbocycles. The van der Waals surface area contributed by atoms with Crippen LogP contribution in [0.2, 0.25) is 0 Å². The molecule has 0 spiro atoms. The van der Waals surface area contributed by atoms with E-state index in [0.29, 0.717) is 110 Å². The van der Waals surface area contributed by atoms with Crippen LogP contribution in [0.4, 0.5) is 26.3 Å². The summed E-state index contributed by atoms with van der Waals surface area (Å²) < 4.78 is 97.2. The van der Waals surface area contributed by atoms with Crippen LogP contribution in [0.25, 0.3) is 111 Å². The molecule has 0 unspecified atom stereocenters. The van der Waals surface area contributed by atoms with Gasteiger partial charge in [0.2, 0.25) is 0 Å². The molecule has 2 aromatic heterocycles. The van der Waals surface area contributed by atoms with Crippen molar-refractivity contribution in [1.82, 2.24) is 9.13 Å². The van der Waals surface area contributed by atoms with E-state index in [2.05, 4.69) is 24.3 Å². The normalized spacial score (nSPS) is 11.7. The first-order valence-electron chi connectivity index (χ1n) is 24.3. The first-order chi connectivity index (χ1) is 37.7. The predicted molar refractivity (Wildman–Crippen MR) is 291 cm³/mol. The quantitative estimate of drug-likeness (QED) is 0.148. The first-order valence-corrected chi connectivity index (χ1v) is 24.3. The summed E-state index contributed by atoms with van der Waals surface area (Å²) in [5.74, 6) is 0. The van der Waals surface area contributed by atoms with Crippen LogP contribution in [-0.2, 0) is 12.4 Å². The Morgan fingerprint density at radius 3 is 0.859 bits per heavy atom. The summed E-state index contributed by atoms with van der Waals surface area (Å²) in [6.07, 6.45) is -9.88. The molecule has 78 heavy (non-hydrogen) atoms. The van der Waals surface area contributed by atoms with Crippen LogP contribution in [-0.4, -0.2) is 9.13 Å². The SMILES string of the molecule is N#Cc1cccc(-c2ccc3c4ccc(-c5cccc(C#N)c5)cc4n(-c4cc(C(F)(F)F)cc(-n5c6cc(-c7cccc(C#N)c7)ccc6c6ccc(-c7cccc(C#N)c7)cc65)c4-c4cccc(C(F)(F)F)c4)c3c2)c1. The molecule has 12 heteroatoms. The van der Waals surface area contributed by atoms with Crippen molar-refractivity contribution in [2.75, 3.05) is 0 Å². The van der Waals surface area contributed by atoms with Crippen LogP contribution in [0.3, 0.4) is 0 Å². The molecule has 0 aliphatic heterocycles. The van der Waals surface area contributed by atoms with Crippen molar-refractivity contribution >= 4 is 43.6 Å². The van der Waals surface area contributed by atoms with Gasteiger partial charge in [-0.2, -0.15) is 47.4 Å². The van der Waals surface area contributed by atoms with E-state index in [1.807, 2.05) is 72.8 Å². The van der Waals surface area contributed by atoms with Gasteiger partial charge in [0, 0.05) is 27.1 Å². The number of hydrogen-bond acceptors (Lipinski definition) is 4. The Balaban J connectivity index is 1.28. The Morgan fingerprint density at radius 1 is 0.282 bits per heavy atom. The number of hydrogen-bond donors (Lipinski definition) is 0. The summed E-state index contributed by atoms with van der Waals surface area (Å²) in [6.45, 7) is 0. The average Bonchev–Trinajstić information content (AvgIpc) is 4.11. The molecule has 6 nitrogen and oxygen atoms in total. The zero-order valence-corrected chi connectivity index (χ0v) is 40.6. The fraction of sp³-hybridized carbons (Fsp3) is 0.0303. The zero-order valence-electron chi connectivity index (χ0n) is 40.6. The van der Waals surface area contributed by atoms with E-state index >= 15 is 26.3 Å². The number of benzene rings is 10. The van der Waals surface area contributed by atoms with Crippen molar-refractivity contribution in [2.24, 2.45) is 0 Å². The Labute approximate surface area is 441 Å². The standard InChI is InChI=1S/C66H34F6N6/c67-65(68,69)52-15-5-14-51(28-52)64-62(77-58-29-47(43-10-1-6-39(24-43)35-73)16-20-54(58)55-21-17-48(30-59(55)77)44-11-2-7-40(25-44)36-74)33-53(66(70,71)72)34-63(64)78-60-31-49(45-12-3-8-41(26-45)37-75)18-22-56(60)57-23-19-50(32-61(57)78)46-13-4-9-42(27-46)38-76/h1-34H. The van der Waals surface area contributed by atoms with Gasteiger partial charge >= 0.3 is 12.4 Å². The van der Waals surface area contributed by atoms with Crippen LogP contribution in [0, 0.1) is 45.3 Å². The molecule has 0 radical (unpaired) electrons. The summed E-state index contributed by atoms with van der Waals surface area (Å²) in [7, 11) is 0. The van der Waals surface area contributed by atoms with Crippen LogP contribution >= 0.6 is 0 Å². The molecule has 10 aromatic carbocycles. The van der Waals surface area contributed by atoms with Crippen LogP contribution in [0.5, 0.6) is 0 Å². The molecule has 370 valence electrons. The second-order valence-electron chi connectivity index (χ2n) is 18.8. The van der Waals surface area contributed by atoms with E-state index in [-0.39, 0.29) is 22.5 Å². The van der Waals surface area contributed by atoms with Gasteiger partial charge < -0.3 is 9.13 Å². The molecule has 0 aliphatic rings. The highest BCUT2D eigenvalue weighted by Crippen LogP contribution is 2.48. The third kappa shape index (κ3) is 8.41. The molecule has 0 amide bonds. The Kier molecular flexibility index (Phi) is 11.5. The highest BCUT2D eigenvalue weighted by atomic mass is 19.4. The highest BCUT2D eigenvalue weighted by Gasteiger charge is 2.36. The molecular weight excluding hydrogens is 991 g/mol. The minimum atomic E-state index is -5.02. The Hall–Kier alpha value is -10.7. The zero-order chi connectivity index (χ0) is 54.0. The molecule has 12 rings (SSSR count). The molecule has 0 N–H and O–H groups in total.